The van der Waals surface area contributed by atoms with Crippen molar-refractivity contribution in [3.05, 3.63) is 45.7 Å². The predicted octanol–water partition coefficient (Wildman–Crippen LogP) is 2.91. The van der Waals surface area contributed by atoms with Crippen molar-refractivity contribution >= 4 is 35.0 Å². The number of benzene rings is 1. The van der Waals surface area contributed by atoms with Crippen molar-refractivity contribution in [2.24, 2.45) is 0 Å². The van der Waals surface area contributed by atoms with Gasteiger partial charge in [0.05, 0.1) is 11.7 Å². The van der Waals surface area contributed by atoms with Crippen LogP contribution in [0.3, 0.4) is 0 Å². The average Bonchev–Trinajstić information content (AvgIpc) is 2.96. The summed E-state index contributed by atoms with van der Waals surface area (Å²) in [6.07, 6.45) is 1.43. The SMILES string of the molecule is CC#CC(=O)n1cc(C(C)(C)NC(=O)c2cc(Cl)cc(Cl)c2)nn1. The number of halogens is 2. The molecule has 0 saturated carbocycles. The first kappa shape index (κ1) is 18.0. The first-order valence-corrected chi connectivity index (χ1v) is 7.67. The number of rotatable bonds is 3. The molecule has 1 aromatic heterocycles. The van der Waals surface area contributed by atoms with E-state index in [9.17, 15) is 9.59 Å². The highest BCUT2D eigenvalue weighted by Gasteiger charge is 2.27. The Morgan fingerprint density at radius 2 is 1.83 bits per heavy atom. The van der Waals surface area contributed by atoms with Crippen LogP contribution in [0.5, 0.6) is 0 Å². The maximum Gasteiger partial charge on any atom is 0.324 e. The van der Waals surface area contributed by atoms with Gasteiger partial charge in [0.25, 0.3) is 5.91 Å². The smallest absolute Gasteiger partial charge is 0.324 e. The molecule has 0 bridgehead atoms. The van der Waals surface area contributed by atoms with Gasteiger partial charge in [-0.1, -0.05) is 34.3 Å². The molecule has 0 aliphatic heterocycles. The van der Waals surface area contributed by atoms with E-state index in [0.29, 0.717) is 21.3 Å². The normalized spacial score (nSPS) is 10.7. The van der Waals surface area contributed by atoms with E-state index in [-0.39, 0.29) is 5.91 Å². The molecule has 0 atom stereocenters. The van der Waals surface area contributed by atoms with Gasteiger partial charge in [-0.15, -0.1) is 5.10 Å². The maximum absolute atomic E-state index is 12.4. The summed E-state index contributed by atoms with van der Waals surface area (Å²) in [6, 6.07) is 4.56. The van der Waals surface area contributed by atoms with Crippen LogP contribution in [0, 0.1) is 11.8 Å². The van der Waals surface area contributed by atoms with E-state index in [2.05, 4.69) is 27.5 Å². The number of aromatic nitrogens is 3. The lowest BCUT2D eigenvalue weighted by Gasteiger charge is -2.23. The van der Waals surface area contributed by atoms with Gasteiger partial charge in [0.2, 0.25) is 0 Å². The maximum atomic E-state index is 12.4. The standard InChI is InChI=1S/C16H14Cl2N4O2/c1-4-5-14(23)22-9-13(20-21-22)16(2,3)19-15(24)10-6-11(17)8-12(18)7-10/h6-9H,1-3H3,(H,19,24). The van der Waals surface area contributed by atoms with E-state index in [1.165, 1.54) is 24.4 Å². The Morgan fingerprint density at radius 3 is 2.42 bits per heavy atom. The summed E-state index contributed by atoms with van der Waals surface area (Å²) in [5, 5.41) is 11.2. The topological polar surface area (TPSA) is 76.9 Å². The largest absolute Gasteiger partial charge is 0.341 e. The van der Waals surface area contributed by atoms with Crippen LogP contribution in [0.15, 0.2) is 24.4 Å². The Labute approximate surface area is 149 Å². The molecular weight excluding hydrogens is 351 g/mol. The van der Waals surface area contributed by atoms with Crippen molar-refractivity contribution in [3.8, 4) is 11.8 Å². The molecule has 0 spiro atoms. The van der Waals surface area contributed by atoms with Gasteiger partial charge in [0.15, 0.2) is 0 Å². The summed E-state index contributed by atoms with van der Waals surface area (Å²) < 4.78 is 1.02. The van der Waals surface area contributed by atoms with Crippen LogP contribution in [-0.2, 0) is 5.54 Å². The molecular formula is C16H14Cl2N4O2. The molecule has 1 heterocycles. The monoisotopic (exact) mass is 364 g/mol. The van der Waals surface area contributed by atoms with Crippen LogP contribution in [0.4, 0.5) is 0 Å². The van der Waals surface area contributed by atoms with Gasteiger partial charge in [-0.3, -0.25) is 9.59 Å². The molecule has 0 saturated heterocycles. The summed E-state index contributed by atoms with van der Waals surface area (Å²) in [7, 11) is 0. The molecule has 0 radical (unpaired) electrons. The zero-order valence-corrected chi connectivity index (χ0v) is 14.7. The summed E-state index contributed by atoms with van der Waals surface area (Å²) in [4.78, 5) is 24.1. The molecule has 0 fully saturated rings. The summed E-state index contributed by atoms with van der Waals surface area (Å²) in [5.41, 5.74) is -0.138. The Morgan fingerprint density at radius 1 is 1.21 bits per heavy atom. The van der Waals surface area contributed by atoms with Crippen molar-refractivity contribution in [3.63, 3.8) is 0 Å². The predicted molar refractivity (Wildman–Crippen MR) is 91.1 cm³/mol. The molecule has 2 aromatic rings. The lowest BCUT2D eigenvalue weighted by molar-refractivity contribution is 0.0909. The van der Waals surface area contributed by atoms with Gasteiger partial charge in [-0.2, -0.15) is 4.68 Å². The number of carbonyl (C=O) groups excluding carboxylic acids is 2. The van der Waals surface area contributed by atoms with Crippen LogP contribution >= 0.6 is 23.2 Å². The molecule has 8 heteroatoms. The molecule has 0 aliphatic carbocycles. The Hall–Kier alpha value is -2.36. The van der Waals surface area contributed by atoms with Crippen molar-refractivity contribution in [1.82, 2.24) is 20.3 Å². The third-order valence-electron chi connectivity index (χ3n) is 3.12. The second kappa shape index (κ2) is 7.04. The van der Waals surface area contributed by atoms with E-state index >= 15 is 0 Å². The Balaban J connectivity index is 2.22. The zero-order chi connectivity index (χ0) is 17.9. The van der Waals surface area contributed by atoms with Gasteiger partial charge in [-0.05, 0) is 44.9 Å². The lowest BCUT2D eigenvalue weighted by atomic mass is 10.0. The van der Waals surface area contributed by atoms with Crippen molar-refractivity contribution in [2.75, 3.05) is 0 Å². The molecule has 1 N–H and O–H groups in total. The first-order valence-electron chi connectivity index (χ1n) is 6.91. The minimum Gasteiger partial charge on any atom is -0.341 e. The minimum atomic E-state index is -0.871. The van der Waals surface area contributed by atoms with Crippen LogP contribution in [0.25, 0.3) is 0 Å². The van der Waals surface area contributed by atoms with Crippen molar-refractivity contribution in [2.45, 2.75) is 26.3 Å². The van der Waals surface area contributed by atoms with Crippen molar-refractivity contribution in [1.29, 1.82) is 0 Å². The highest BCUT2D eigenvalue weighted by molar-refractivity contribution is 6.35. The van der Waals surface area contributed by atoms with Gasteiger partial charge in [0, 0.05) is 15.6 Å². The fourth-order valence-corrected chi connectivity index (χ4v) is 2.44. The number of hydrogen-bond donors (Lipinski definition) is 1. The summed E-state index contributed by atoms with van der Waals surface area (Å²) in [6.45, 7) is 5.03. The third kappa shape index (κ3) is 4.13. The number of nitrogens with zero attached hydrogens (tertiary/aromatic N) is 3. The number of amides is 1. The highest BCUT2D eigenvalue weighted by atomic mass is 35.5. The summed E-state index contributed by atoms with van der Waals surface area (Å²) >= 11 is 11.8. The van der Waals surface area contributed by atoms with E-state index in [4.69, 9.17) is 23.2 Å². The van der Waals surface area contributed by atoms with Crippen LogP contribution in [0.2, 0.25) is 10.0 Å². The van der Waals surface area contributed by atoms with E-state index in [0.717, 1.165) is 4.68 Å². The summed E-state index contributed by atoms with van der Waals surface area (Å²) in [5.74, 6) is 3.98. The van der Waals surface area contributed by atoms with Gasteiger partial charge >= 0.3 is 5.91 Å². The second-order valence-electron chi connectivity index (χ2n) is 5.47. The average molecular weight is 365 g/mol. The second-order valence-corrected chi connectivity index (χ2v) is 6.34. The fourth-order valence-electron chi connectivity index (χ4n) is 1.92. The van der Waals surface area contributed by atoms with Crippen LogP contribution in [-0.4, -0.2) is 26.8 Å². The molecule has 0 aliphatic rings. The van der Waals surface area contributed by atoms with E-state index < -0.39 is 11.4 Å². The lowest BCUT2D eigenvalue weighted by Crippen LogP contribution is -2.41. The molecule has 1 amide bonds. The molecule has 0 unspecified atom stereocenters. The quantitative estimate of drug-likeness (QED) is 0.849. The highest BCUT2D eigenvalue weighted by Crippen LogP contribution is 2.22. The third-order valence-corrected chi connectivity index (χ3v) is 3.56. The molecule has 2 rings (SSSR count). The van der Waals surface area contributed by atoms with Crippen LogP contribution in [0.1, 0.15) is 41.6 Å². The Kier molecular flexibility index (Phi) is 5.27. The van der Waals surface area contributed by atoms with Crippen molar-refractivity contribution < 1.29 is 9.59 Å². The first-order chi connectivity index (χ1) is 11.2. The fraction of sp³-hybridized carbons (Fsp3) is 0.250. The van der Waals surface area contributed by atoms with Gasteiger partial charge in [-0.25, -0.2) is 0 Å². The minimum absolute atomic E-state index is 0.320. The van der Waals surface area contributed by atoms with E-state index in [1.54, 1.807) is 20.8 Å². The molecule has 24 heavy (non-hydrogen) atoms. The van der Waals surface area contributed by atoms with Gasteiger partial charge in [0.1, 0.15) is 5.69 Å². The number of nitrogens with one attached hydrogen (secondary N) is 1. The van der Waals surface area contributed by atoms with E-state index in [1.807, 2.05) is 0 Å². The van der Waals surface area contributed by atoms with Crippen LogP contribution < -0.4 is 5.32 Å². The molecule has 6 nitrogen and oxygen atoms in total. The molecule has 1 aromatic carbocycles. The zero-order valence-electron chi connectivity index (χ0n) is 13.2. The number of carbonyl (C=O) groups is 2. The van der Waals surface area contributed by atoms with Gasteiger partial charge < -0.3 is 5.32 Å². The Bertz CT molecular complexity index is 842. The molecule has 124 valence electrons. The number of hydrogen-bond acceptors (Lipinski definition) is 4.